The Morgan fingerprint density at radius 3 is 2.76 bits per heavy atom. The first kappa shape index (κ1) is 13.1. The molecule has 1 amide bonds. The summed E-state index contributed by atoms with van der Waals surface area (Å²) in [6.45, 7) is 0.136. The normalized spacial score (nSPS) is 26.4. The molecule has 2 aliphatic rings. The summed E-state index contributed by atoms with van der Waals surface area (Å²) in [5.74, 6) is -0.134. The second kappa shape index (κ2) is 4.45. The summed E-state index contributed by atoms with van der Waals surface area (Å²) >= 11 is 12.4. The molecule has 2 aromatic carbocycles. The number of carbonyl (C=O) groups is 1. The van der Waals surface area contributed by atoms with Crippen LogP contribution in [0.2, 0.25) is 10.0 Å². The molecule has 1 saturated heterocycles. The molecule has 4 rings (SSSR count). The van der Waals surface area contributed by atoms with Gasteiger partial charge in [0, 0.05) is 26.9 Å². The number of hydrogen-bond donors (Lipinski definition) is 1. The van der Waals surface area contributed by atoms with Gasteiger partial charge >= 0.3 is 0 Å². The Morgan fingerprint density at radius 2 is 1.95 bits per heavy atom. The number of halogens is 2. The van der Waals surface area contributed by atoms with Crippen LogP contribution in [0.3, 0.4) is 0 Å². The minimum atomic E-state index is -0.849. The highest BCUT2D eigenvalue weighted by atomic mass is 35.5. The minimum absolute atomic E-state index is 0.134. The summed E-state index contributed by atoms with van der Waals surface area (Å²) in [5.41, 5.74) is 1.42. The number of amides is 1. The Labute approximate surface area is 131 Å². The third-order valence-electron chi connectivity index (χ3n) is 3.71. The van der Waals surface area contributed by atoms with Gasteiger partial charge in [0.1, 0.15) is 6.54 Å². The predicted molar refractivity (Wildman–Crippen MR) is 80.1 cm³/mol. The van der Waals surface area contributed by atoms with Crippen LogP contribution in [0.5, 0.6) is 0 Å². The van der Waals surface area contributed by atoms with E-state index in [1.807, 2.05) is 18.2 Å². The van der Waals surface area contributed by atoms with E-state index in [1.165, 1.54) is 0 Å². The first-order valence-corrected chi connectivity index (χ1v) is 7.18. The SMILES string of the molecule is O=C1CN2OC2(c2ccccc2Cl)c2cc(Cl)ccc2N1. The van der Waals surface area contributed by atoms with Crippen molar-refractivity contribution in [2.24, 2.45) is 0 Å². The molecule has 0 spiro atoms. The molecule has 4 nitrogen and oxygen atoms in total. The van der Waals surface area contributed by atoms with E-state index in [4.69, 9.17) is 28.0 Å². The van der Waals surface area contributed by atoms with Crippen molar-refractivity contribution >= 4 is 34.8 Å². The summed E-state index contributed by atoms with van der Waals surface area (Å²) in [7, 11) is 0. The van der Waals surface area contributed by atoms with Gasteiger partial charge in [-0.1, -0.05) is 41.4 Å². The molecule has 0 bridgehead atoms. The second-order valence-electron chi connectivity index (χ2n) is 4.99. The van der Waals surface area contributed by atoms with E-state index in [-0.39, 0.29) is 12.5 Å². The van der Waals surface area contributed by atoms with Gasteiger partial charge in [0.15, 0.2) is 0 Å². The fourth-order valence-corrected chi connectivity index (χ4v) is 3.19. The van der Waals surface area contributed by atoms with Gasteiger partial charge in [0.2, 0.25) is 11.6 Å². The molecule has 0 radical (unpaired) electrons. The van der Waals surface area contributed by atoms with Crippen LogP contribution in [-0.4, -0.2) is 17.5 Å². The molecule has 1 N–H and O–H groups in total. The number of anilines is 1. The van der Waals surface area contributed by atoms with Crippen molar-refractivity contribution in [3.05, 3.63) is 63.6 Å². The fourth-order valence-electron chi connectivity index (χ4n) is 2.76. The van der Waals surface area contributed by atoms with Crippen LogP contribution in [-0.2, 0) is 15.4 Å². The van der Waals surface area contributed by atoms with Gasteiger partial charge in [0.25, 0.3) is 0 Å². The average molecular weight is 321 g/mol. The molecule has 2 atom stereocenters. The molecule has 0 aromatic heterocycles. The third-order valence-corrected chi connectivity index (χ3v) is 4.27. The predicted octanol–water partition coefficient (Wildman–Crippen LogP) is 3.39. The van der Waals surface area contributed by atoms with E-state index < -0.39 is 5.72 Å². The maximum atomic E-state index is 11.9. The molecule has 2 aliphatic heterocycles. The van der Waals surface area contributed by atoms with Crippen LogP contribution >= 0.6 is 23.2 Å². The van der Waals surface area contributed by atoms with Crippen molar-refractivity contribution < 1.29 is 9.63 Å². The number of fused-ring (bicyclic) bond motifs is 3. The van der Waals surface area contributed by atoms with Gasteiger partial charge < -0.3 is 5.32 Å². The first-order chi connectivity index (χ1) is 10.1. The summed E-state index contributed by atoms with van der Waals surface area (Å²) in [5, 5.41) is 5.64. The highest BCUT2D eigenvalue weighted by molar-refractivity contribution is 6.31. The molecule has 1 fully saturated rings. The highest BCUT2D eigenvalue weighted by Crippen LogP contribution is 2.55. The van der Waals surface area contributed by atoms with Gasteiger partial charge in [-0.25, -0.2) is 0 Å². The van der Waals surface area contributed by atoms with Crippen LogP contribution in [0.1, 0.15) is 11.1 Å². The Bertz CT molecular complexity index is 765. The molecular weight excluding hydrogens is 311 g/mol. The van der Waals surface area contributed by atoms with Crippen LogP contribution in [0.25, 0.3) is 0 Å². The number of hydrogen-bond acceptors (Lipinski definition) is 3. The number of hydroxylamine groups is 2. The van der Waals surface area contributed by atoms with E-state index in [9.17, 15) is 4.79 Å². The smallest absolute Gasteiger partial charge is 0.241 e. The standard InChI is InChI=1S/C15H10Cl2N2O2/c16-9-5-6-13-11(7-9)15(10-3-1-2-4-12(10)17)19(21-15)8-14(20)18-13/h1-7H,8H2,(H,18,20). The topological polar surface area (TPSA) is 44.6 Å². The minimum Gasteiger partial charge on any atom is -0.324 e. The van der Waals surface area contributed by atoms with Crippen LogP contribution in [0.4, 0.5) is 5.69 Å². The van der Waals surface area contributed by atoms with Gasteiger partial charge in [-0.05, 0) is 24.3 Å². The lowest BCUT2D eigenvalue weighted by Gasteiger charge is -2.16. The van der Waals surface area contributed by atoms with E-state index >= 15 is 0 Å². The van der Waals surface area contributed by atoms with Crippen molar-refractivity contribution in [2.75, 3.05) is 11.9 Å². The lowest BCUT2D eigenvalue weighted by atomic mass is 9.95. The lowest BCUT2D eigenvalue weighted by Crippen LogP contribution is -2.22. The van der Waals surface area contributed by atoms with Gasteiger partial charge in [-0.15, -0.1) is 5.06 Å². The number of benzene rings is 2. The van der Waals surface area contributed by atoms with Crippen molar-refractivity contribution in [1.82, 2.24) is 5.06 Å². The van der Waals surface area contributed by atoms with Crippen LogP contribution in [0.15, 0.2) is 42.5 Å². The van der Waals surface area contributed by atoms with Gasteiger partial charge in [-0.3, -0.25) is 9.63 Å². The third kappa shape index (κ3) is 1.88. The number of rotatable bonds is 1. The zero-order valence-corrected chi connectivity index (χ0v) is 12.3. The molecule has 6 heteroatoms. The fraction of sp³-hybridized carbons (Fsp3) is 0.133. The van der Waals surface area contributed by atoms with Gasteiger partial charge in [-0.2, -0.15) is 0 Å². The number of carbonyl (C=O) groups excluding carboxylic acids is 1. The Morgan fingerprint density at radius 1 is 1.14 bits per heavy atom. The summed E-state index contributed by atoms with van der Waals surface area (Å²) < 4.78 is 0. The largest absolute Gasteiger partial charge is 0.324 e. The second-order valence-corrected chi connectivity index (χ2v) is 5.83. The maximum absolute atomic E-state index is 11.9. The maximum Gasteiger partial charge on any atom is 0.241 e. The average Bonchev–Trinajstić information content (AvgIpc) is 3.16. The first-order valence-electron chi connectivity index (χ1n) is 6.43. The van der Waals surface area contributed by atoms with Crippen molar-refractivity contribution in [2.45, 2.75) is 5.72 Å². The molecule has 0 saturated carbocycles. The molecule has 2 heterocycles. The summed E-state index contributed by atoms with van der Waals surface area (Å²) in [6.07, 6.45) is 0. The van der Waals surface area contributed by atoms with Crippen LogP contribution in [0, 0.1) is 0 Å². The van der Waals surface area contributed by atoms with Crippen molar-refractivity contribution in [3.8, 4) is 0 Å². The Kier molecular flexibility index (Phi) is 2.78. The van der Waals surface area contributed by atoms with Crippen LogP contribution < -0.4 is 5.32 Å². The summed E-state index contributed by atoms with van der Waals surface area (Å²) in [4.78, 5) is 17.7. The summed E-state index contributed by atoms with van der Waals surface area (Å²) in [6, 6.07) is 12.7. The monoisotopic (exact) mass is 320 g/mol. The highest BCUT2D eigenvalue weighted by Gasteiger charge is 2.61. The Balaban J connectivity index is 1.97. The molecule has 2 unspecified atom stereocenters. The van der Waals surface area contributed by atoms with Gasteiger partial charge in [0.05, 0.1) is 0 Å². The van der Waals surface area contributed by atoms with E-state index in [2.05, 4.69) is 5.32 Å². The molecule has 106 valence electrons. The molecule has 21 heavy (non-hydrogen) atoms. The van der Waals surface area contributed by atoms with Crippen molar-refractivity contribution in [3.63, 3.8) is 0 Å². The zero-order valence-electron chi connectivity index (χ0n) is 10.8. The van der Waals surface area contributed by atoms with Crippen molar-refractivity contribution in [1.29, 1.82) is 0 Å². The number of nitrogens with one attached hydrogen (secondary N) is 1. The van der Waals surface area contributed by atoms with E-state index in [0.29, 0.717) is 15.7 Å². The Hall–Kier alpha value is -1.59. The lowest BCUT2D eigenvalue weighted by molar-refractivity contribution is -0.117. The van der Waals surface area contributed by atoms with E-state index in [0.717, 1.165) is 11.1 Å². The zero-order chi connectivity index (χ0) is 14.6. The van der Waals surface area contributed by atoms with E-state index in [1.54, 1.807) is 29.3 Å². The molecule has 2 aromatic rings. The number of nitrogens with zero attached hydrogens (tertiary/aromatic N) is 1. The quantitative estimate of drug-likeness (QED) is 0.819. The molecular formula is C15H10Cl2N2O2. The molecule has 0 aliphatic carbocycles.